The molecular weight excluding hydrogens is 346 g/mol. The summed E-state index contributed by atoms with van der Waals surface area (Å²) in [6.45, 7) is 0.315. The van der Waals surface area contributed by atoms with Crippen LogP contribution in [0.3, 0.4) is 0 Å². The summed E-state index contributed by atoms with van der Waals surface area (Å²) in [5.74, 6) is 0. The molecule has 0 fully saturated rings. The Balaban J connectivity index is 2.15. The molecule has 2 aromatic carbocycles. The maximum Gasteiger partial charge on any atom is 0.417 e. The first kappa shape index (κ1) is 16.3. The first-order valence-corrected chi connectivity index (χ1v) is 6.95. The fourth-order valence-electron chi connectivity index (χ4n) is 1.71. The molecule has 112 valence electrons. The second-order valence-electron chi connectivity index (χ2n) is 4.29. The second-order valence-corrected chi connectivity index (χ2v) is 5.52. The van der Waals surface area contributed by atoms with Gasteiger partial charge in [-0.1, -0.05) is 40.9 Å². The Bertz CT molecular complexity index is 656. The van der Waals surface area contributed by atoms with Crippen molar-refractivity contribution in [3.8, 4) is 0 Å². The molecule has 0 atom stereocenters. The van der Waals surface area contributed by atoms with Crippen LogP contribution in [-0.4, -0.2) is 0 Å². The molecule has 0 radical (unpaired) electrons. The van der Waals surface area contributed by atoms with Crippen LogP contribution in [0.5, 0.6) is 0 Å². The monoisotopic (exact) mass is 353 g/mol. The average molecular weight is 355 g/mol. The summed E-state index contributed by atoms with van der Waals surface area (Å²) in [7, 11) is 0. The molecule has 0 aliphatic carbocycles. The standard InChI is InChI=1S/C14H9Cl3F3N/c15-11-4-2-9(6-10(11)14(18,19)20)21-7-8-1-3-12(16)13(17)5-8/h1-6,21H,7H2. The number of hydrogen-bond donors (Lipinski definition) is 1. The summed E-state index contributed by atoms with van der Waals surface area (Å²) in [6, 6.07) is 8.68. The Morgan fingerprint density at radius 1 is 0.857 bits per heavy atom. The van der Waals surface area contributed by atoms with Crippen LogP contribution in [0, 0.1) is 0 Å². The predicted molar refractivity (Wildman–Crippen MR) is 80.2 cm³/mol. The molecule has 0 heterocycles. The molecule has 0 spiro atoms. The lowest BCUT2D eigenvalue weighted by Gasteiger charge is -2.12. The van der Waals surface area contributed by atoms with E-state index in [-0.39, 0.29) is 5.02 Å². The lowest BCUT2D eigenvalue weighted by atomic mass is 10.1. The summed E-state index contributed by atoms with van der Waals surface area (Å²) in [4.78, 5) is 0. The molecule has 2 aromatic rings. The fraction of sp³-hybridized carbons (Fsp3) is 0.143. The summed E-state index contributed by atoms with van der Waals surface area (Å²) in [6.07, 6.45) is -4.49. The van der Waals surface area contributed by atoms with Crippen LogP contribution in [0.25, 0.3) is 0 Å². The largest absolute Gasteiger partial charge is 0.417 e. The van der Waals surface area contributed by atoms with Crippen molar-refractivity contribution in [3.63, 3.8) is 0 Å². The molecule has 2 rings (SSSR count). The minimum atomic E-state index is -4.49. The van der Waals surface area contributed by atoms with E-state index >= 15 is 0 Å². The minimum Gasteiger partial charge on any atom is -0.381 e. The molecule has 0 aliphatic rings. The summed E-state index contributed by atoms with van der Waals surface area (Å²) in [5, 5.41) is 3.37. The van der Waals surface area contributed by atoms with Gasteiger partial charge in [-0.2, -0.15) is 13.2 Å². The van der Waals surface area contributed by atoms with E-state index in [9.17, 15) is 13.2 Å². The molecule has 0 aliphatic heterocycles. The van der Waals surface area contributed by atoms with Gasteiger partial charge >= 0.3 is 6.18 Å². The van der Waals surface area contributed by atoms with E-state index in [1.807, 2.05) is 0 Å². The van der Waals surface area contributed by atoms with E-state index in [1.54, 1.807) is 18.2 Å². The Hall–Kier alpha value is -1.10. The third-order valence-electron chi connectivity index (χ3n) is 2.75. The van der Waals surface area contributed by atoms with Crippen LogP contribution >= 0.6 is 34.8 Å². The van der Waals surface area contributed by atoms with Crippen molar-refractivity contribution in [2.24, 2.45) is 0 Å². The third kappa shape index (κ3) is 4.19. The summed E-state index contributed by atoms with van der Waals surface area (Å²) >= 11 is 17.2. The smallest absolute Gasteiger partial charge is 0.381 e. The molecule has 0 unspecified atom stereocenters. The number of benzene rings is 2. The van der Waals surface area contributed by atoms with Gasteiger partial charge in [0.2, 0.25) is 0 Å². The zero-order chi connectivity index (χ0) is 15.6. The number of nitrogens with one attached hydrogen (secondary N) is 1. The van der Waals surface area contributed by atoms with Gasteiger partial charge in [0.25, 0.3) is 0 Å². The summed E-state index contributed by atoms with van der Waals surface area (Å²) in [5.41, 5.74) is 0.244. The predicted octanol–water partition coefficient (Wildman–Crippen LogP) is 6.28. The topological polar surface area (TPSA) is 12.0 Å². The lowest BCUT2D eigenvalue weighted by molar-refractivity contribution is -0.137. The maximum atomic E-state index is 12.7. The van der Waals surface area contributed by atoms with Gasteiger partial charge in [0.05, 0.1) is 20.6 Å². The Morgan fingerprint density at radius 3 is 2.14 bits per heavy atom. The molecule has 0 amide bonds. The van der Waals surface area contributed by atoms with Gasteiger partial charge in [0.1, 0.15) is 0 Å². The lowest BCUT2D eigenvalue weighted by Crippen LogP contribution is -2.07. The van der Waals surface area contributed by atoms with Crippen LogP contribution in [0.2, 0.25) is 15.1 Å². The second kappa shape index (κ2) is 6.34. The normalized spacial score (nSPS) is 11.5. The number of hydrogen-bond acceptors (Lipinski definition) is 1. The highest BCUT2D eigenvalue weighted by atomic mass is 35.5. The quantitative estimate of drug-likeness (QED) is 0.684. The maximum absolute atomic E-state index is 12.7. The fourth-order valence-corrected chi connectivity index (χ4v) is 2.25. The van der Waals surface area contributed by atoms with E-state index in [4.69, 9.17) is 34.8 Å². The molecule has 7 heteroatoms. The molecule has 21 heavy (non-hydrogen) atoms. The van der Waals surface area contributed by atoms with Gasteiger partial charge in [0, 0.05) is 12.2 Å². The molecule has 1 nitrogen and oxygen atoms in total. The molecule has 0 bridgehead atoms. The van der Waals surface area contributed by atoms with Crippen LogP contribution in [0.4, 0.5) is 18.9 Å². The van der Waals surface area contributed by atoms with Crippen molar-refractivity contribution in [2.75, 3.05) is 5.32 Å². The van der Waals surface area contributed by atoms with E-state index in [0.717, 1.165) is 11.6 Å². The van der Waals surface area contributed by atoms with Gasteiger partial charge in [-0.25, -0.2) is 0 Å². The van der Waals surface area contributed by atoms with Crippen molar-refractivity contribution >= 4 is 40.5 Å². The number of rotatable bonds is 3. The van der Waals surface area contributed by atoms with Gasteiger partial charge < -0.3 is 5.32 Å². The molecule has 0 saturated carbocycles. The zero-order valence-electron chi connectivity index (χ0n) is 10.4. The molecular formula is C14H9Cl3F3N. The van der Waals surface area contributed by atoms with Crippen molar-refractivity contribution in [1.82, 2.24) is 0 Å². The first-order chi connectivity index (χ1) is 9.77. The summed E-state index contributed by atoms with van der Waals surface area (Å²) < 4.78 is 38.2. The highest BCUT2D eigenvalue weighted by Gasteiger charge is 2.33. The van der Waals surface area contributed by atoms with Crippen LogP contribution < -0.4 is 5.32 Å². The van der Waals surface area contributed by atoms with E-state index in [1.165, 1.54) is 12.1 Å². The van der Waals surface area contributed by atoms with Crippen LogP contribution in [0.15, 0.2) is 36.4 Å². The number of halogens is 6. The van der Waals surface area contributed by atoms with Crippen LogP contribution in [-0.2, 0) is 12.7 Å². The molecule has 0 aromatic heterocycles. The minimum absolute atomic E-state index is 0.315. The van der Waals surface area contributed by atoms with E-state index < -0.39 is 11.7 Å². The molecule has 1 N–H and O–H groups in total. The van der Waals surface area contributed by atoms with Crippen LogP contribution in [0.1, 0.15) is 11.1 Å². The zero-order valence-corrected chi connectivity index (χ0v) is 12.7. The van der Waals surface area contributed by atoms with Gasteiger partial charge in [-0.05, 0) is 35.9 Å². The average Bonchev–Trinajstić information content (AvgIpc) is 2.40. The van der Waals surface area contributed by atoms with Crippen molar-refractivity contribution in [3.05, 3.63) is 62.6 Å². The Labute approximate surface area is 134 Å². The SMILES string of the molecule is FC(F)(F)c1cc(NCc2ccc(Cl)c(Cl)c2)ccc1Cl. The van der Waals surface area contributed by atoms with E-state index in [0.29, 0.717) is 22.3 Å². The van der Waals surface area contributed by atoms with Crippen molar-refractivity contribution in [2.45, 2.75) is 12.7 Å². The third-order valence-corrected chi connectivity index (χ3v) is 3.82. The number of anilines is 1. The van der Waals surface area contributed by atoms with Gasteiger partial charge in [-0.3, -0.25) is 0 Å². The highest BCUT2D eigenvalue weighted by Crippen LogP contribution is 2.36. The Kier molecular flexibility index (Phi) is 4.91. The van der Waals surface area contributed by atoms with E-state index in [2.05, 4.69) is 5.32 Å². The number of alkyl halides is 3. The molecule has 0 saturated heterocycles. The van der Waals surface area contributed by atoms with Gasteiger partial charge in [-0.15, -0.1) is 0 Å². The highest BCUT2D eigenvalue weighted by molar-refractivity contribution is 6.42. The van der Waals surface area contributed by atoms with Gasteiger partial charge in [0.15, 0.2) is 0 Å². The Morgan fingerprint density at radius 2 is 1.52 bits per heavy atom. The first-order valence-electron chi connectivity index (χ1n) is 5.82. The van der Waals surface area contributed by atoms with Crippen molar-refractivity contribution < 1.29 is 13.2 Å². The van der Waals surface area contributed by atoms with Crippen molar-refractivity contribution in [1.29, 1.82) is 0 Å².